The van der Waals surface area contributed by atoms with Crippen molar-refractivity contribution in [1.82, 2.24) is 29.9 Å². The fraction of sp³-hybridized carbons (Fsp3) is 0.429. The van der Waals surface area contributed by atoms with E-state index in [4.69, 9.17) is 4.12 Å². The zero-order valence-corrected chi connectivity index (χ0v) is 21.5. The molecule has 0 amide bonds. The van der Waals surface area contributed by atoms with E-state index in [2.05, 4.69) is 65.5 Å². The van der Waals surface area contributed by atoms with Crippen LogP contribution in [0.2, 0.25) is 25.7 Å². The lowest BCUT2D eigenvalue weighted by atomic mass is 10.2. The Morgan fingerprint density at radius 3 is 1.94 bits per heavy atom. The van der Waals surface area contributed by atoms with Gasteiger partial charge in [-0.2, -0.15) is 0 Å². The van der Waals surface area contributed by atoms with Gasteiger partial charge in [0.2, 0.25) is 10.5 Å². The van der Waals surface area contributed by atoms with E-state index in [1.165, 1.54) is 0 Å². The van der Waals surface area contributed by atoms with Crippen LogP contribution in [-0.2, 0) is 30.3 Å². The van der Waals surface area contributed by atoms with Crippen LogP contribution in [0.5, 0.6) is 0 Å². The number of aromatic nitrogens is 5. The molecule has 0 aromatic carbocycles. The van der Waals surface area contributed by atoms with E-state index >= 15 is 0 Å². The molecule has 3 rings (SSSR count). The van der Waals surface area contributed by atoms with Crippen LogP contribution in [0.25, 0.3) is 0 Å². The normalized spacial score (nSPS) is 11.3. The average Bonchev–Trinajstić information content (AvgIpc) is 3.21. The summed E-state index contributed by atoms with van der Waals surface area (Å²) in [7, 11) is 5.25. The molecule has 0 aliphatic rings. The van der Waals surface area contributed by atoms with Gasteiger partial charge in [0.1, 0.15) is 0 Å². The molecule has 0 aliphatic heterocycles. The Labute approximate surface area is 193 Å². The molecule has 162 valence electrons. The molecule has 0 fully saturated rings. The van der Waals surface area contributed by atoms with E-state index in [0.29, 0.717) is 6.54 Å². The van der Waals surface area contributed by atoms with Gasteiger partial charge in [0.05, 0.1) is 17.1 Å². The number of hydrogen-bond acceptors (Lipinski definition) is 6. The maximum Gasteiger partial charge on any atom is 0.230 e. The summed E-state index contributed by atoms with van der Waals surface area (Å²) in [6.45, 7) is 9.40. The third kappa shape index (κ3) is 10.7. The first kappa shape index (κ1) is 25.3. The van der Waals surface area contributed by atoms with E-state index in [1.807, 2.05) is 59.7 Å². The van der Waals surface area contributed by atoms with Crippen molar-refractivity contribution in [2.75, 3.05) is 0 Å². The van der Waals surface area contributed by atoms with Crippen molar-refractivity contribution in [2.24, 2.45) is 0 Å². The Balaban J connectivity index is 0.000000501. The zero-order chi connectivity index (χ0) is 22.5. The van der Waals surface area contributed by atoms with Crippen molar-refractivity contribution in [3.63, 3.8) is 0 Å². The molecule has 3 aromatic rings. The molecule has 0 saturated heterocycles. The maximum atomic E-state index is 4.88. The quantitative estimate of drug-likeness (QED) is 0.428. The average molecular weight is 467 g/mol. The molecule has 10 heteroatoms. The van der Waals surface area contributed by atoms with Crippen molar-refractivity contribution < 1.29 is 4.12 Å². The highest BCUT2D eigenvalue weighted by molar-refractivity contribution is 6.72. The highest BCUT2D eigenvalue weighted by atomic mass is 28.4. The van der Waals surface area contributed by atoms with Crippen LogP contribution in [-0.4, -0.2) is 58.9 Å². The summed E-state index contributed by atoms with van der Waals surface area (Å²) in [5.74, 6) is 0. The summed E-state index contributed by atoms with van der Waals surface area (Å²) in [6.07, 6.45) is 6.70. The highest BCUT2D eigenvalue weighted by Crippen LogP contribution is 2.11. The first-order valence-electron chi connectivity index (χ1n) is 10.3. The van der Waals surface area contributed by atoms with Crippen molar-refractivity contribution in [2.45, 2.75) is 58.3 Å². The van der Waals surface area contributed by atoms with Gasteiger partial charge in [-0.1, -0.05) is 23.4 Å². The Hall–Kier alpha value is -1.99. The molecule has 0 bridgehead atoms. The predicted octanol–water partition coefficient (Wildman–Crippen LogP) is 3.17. The number of pyridine rings is 2. The van der Waals surface area contributed by atoms with Gasteiger partial charge in [0.15, 0.2) is 8.32 Å². The Bertz CT molecular complexity index is 817. The fourth-order valence-corrected chi connectivity index (χ4v) is 2.76. The summed E-state index contributed by atoms with van der Waals surface area (Å²) in [5.41, 5.74) is 3.02. The first-order valence-corrected chi connectivity index (χ1v) is 14.8. The molecular formula is C21H30N6OSi3. The van der Waals surface area contributed by atoms with Crippen LogP contribution in [0.1, 0.15) is 23.5 Å². The lowest BCUT2D eigenvalue weighted by Crippen LogP contribution is -2.23. The van der Waals surface area contributed by atoms with Gasteiger partial charge in [-0.25, -0.2) is 0 Å². The minimum Gasteiger partial charge on any atom is -0.457 e. The van der Waals surface area contributed by atoms with Gasteiger partial charge in [-0.3, -0.25) is 19.5 Å². The molecular weight excluding hydrogens is 437 g/mol. The highest BCUT2D eigenvalue weighted by Gasteiger charge is 2.12. The molecule has 3 heterocycles. The number of nitrogens with zero attached hydrogens (tertiary/aromatic N) is 6. The van der Waals surface area contributed by atoms with Gasteiger partial charge in [-0.15, -0.1) is 5.10 Å². The van der Waals surface area contributed by atoms with Gasteiger partial charge in [0, 0.05) is 55.0 Å². The van der Waals surface area contributed by atoms with E-state index in [-0.39, 0.29) is 0 Å². The summed E-state index contributed by atoms with van der Waals surface area (Å²) in [6, 6.07) is 12.9. The van der Waals surface area contributed by atoms with Crippen LogP contribution in [0.15, 0.2) is 55.0 Å². The standard InChI is InChI=1S/C18H21N6Si.C3H9OSi2/c25-11-5-10-24-15-18(21-22-24)14-23(12-16-6-1-3-8-19-16)13-17-7-2-4-9-20-17;1-6(2,3)4-5/h1-4,6-9,15H,5,10-14H2;1-3H3. The van der Waals surface area contributed by atoms with Gasteiger partial charge in [0.25, 0.3) is 0 Å². The molecule has 0 aliphatic carbocycles. The van der Waals surface area contributed by atoms with Crippen molar-refractivity contribution in [3.05, 3.63) is 72.1 Å². The second kappa shape index (κ2) is 13.4. The third-order valence-electron chi connectivity index (χ3n) is 4.07. The van der Waals surface area contributed by atoms with Crippen LogP contribution < -0.4 is 0 Å². The van der Waals surface area contributed by atoms with E-state index in [0.717, 1.165) is 49.2 Å². The fourth-order valence-electron chi connectivity index (χ4n) is 2.60. The Morgan fingerprint density at radius 1 is 0.935 bits per heavy atom. The number of rotatable bonds is 10. The van der Waals surface area contributed by atoms with Crippen molar-refractivity contribution in [1.29, 1.82) is 0 Å². The molecule has 0 unspecified atom stereocenters. The molecule has 6 radical (unpaired) electrons. The largest absolute Gasteiger partial charge is 0.457 e. The lowest BCUT2D eigenvalue weighted by molar-refractivity contribution is 0.238. The SMILES string of the molecule is C[Si](C)(C)O[Si].[Si]CCCn1cc(CN(Cc2ccccn2)Cc2ccccn2)nn1. The lowest BCUT2D eigenvalue weighted by Gasteiger charge is -2.20. The van der Waals surface area contributed by atoms with Gasteiger partial charge in [-0.05, 0) is 50.3 Å². The maximum absolute atomic E-state index is 4.88. The van der Waals surface area contributed by atoms with E-state index < -0.39 is 8.32 Å². The minimum atomic E-state index is -1.22. The van der Waals surface area contributed by atoms with Crippen LogP contribution >= 0.6 is 0 Å². The Morgan fingerprint density at radius 2 is 1.48 bits per heavy atom. The molecule has 0 atom stereocenters. The van der Waals surface area contributed by atoms with Crippen LogP contribution in [0.4, 0.5) is 0 Å². The van der Waals surface area contributed by atoms with Gasteiger partial charge < -0.3 is 4.12 Å². The predicted molar refractivity (Wildman–Crippen MR) is 127 cm³/mol. The summed E-state index contributed by atoms with van der Waals surface area (Å²) in [4.78, 5) is 11.2. The number of aryl methyl sites for hydroxylation is 1. The molecule has 0 saturated carbocycles. The number of hydrogen-bond donors (Lipinski definition) is 0. The second-order valence-electron chi connectivity index (χ2n) is 8.08. The zero-order valence-electron chi connectivity index (χ0n) is 18.5. The summed E-state index contributed by atoms with van der Waals surface area (Å²) >= 11 is 0. The molecule has 7 nitrogen and oxygen atoms in total. The second-order valence-corrected chi connectivity index (χ2v) is 13.6. The smallest absolute Gasteiger partial charge is 0.230 e. The Kier molecular flexibility index (Phi) is 10.9. The van der Waals surface area contributed by atoms with Crippen molar-refractivity contribution in [3.8, 4) is 0 Å². The molecule has 0 N–H and O–H groups in total. The van der Waals surface area contributed by atoms with Crippen LogP contribution in [0, 0.1) is 0 Å². The van der Waals surface area contributed by atoms with Gasteiger partial charge >= 0.3 is 0 Å². The minimum absolute atomic E-state index is 0.709. The first-order chi connectivity index (χ1) is 14.9. The molecule has 31 heavy (non-hydrogen) atoms. The molecule has 0 spiro atoms. The van der Waals surface area contributed by atoms with Crippen molar-refractivity contribution >= 4 is 29.0 Å². The van der Waals surface area contributed by atoms with E-state index in [9.17, 15) is 0 Å². The third-order valence-corrected chi connectivity index (χ3v) is 6.87. The summed E-state index contributed by atoms with van der Waals surface area (Å²) < 4.78 is 6.78. The van der Waals surface area contributed by atoms with Crippen LogP contribution in [0.3, 0.4) is 0 Å². The monoisotopic (exact) mass is 466 g/mol. The topological polar surface area (TPSA) is 69.0 Å². The van der Waals surface area contributed by atoms with E-state index in [1.54, 1.807) is 0 Å². The molecule has 3 aromatic heterocycles. The summed E-state index contributed by atoms with van der Waals surface area (Å²) in [5, 5.41) is 8.51.